The Bertz CT molecular complexity index is 401. The molecule has 2 rings (SSSR count). The Morgan fingerprint density at radius 1 is 1.47 bits per heavy atom. The van der Waals surface area contributed by atoms with Crippen molar-refractivity contribution in [2.75, 3.05) is 0 Å². The number of hydrogen-bond donors (Lipinski definition) is 1. The van der Waals surface area contributed by atoms with Crippen LogP contribution in [0.3, 0.4) is 0 Å². The Kier molecular flexibility index (Phi) is 3.23. The van der Waals surface area contributed by atoms with Gasteiger partial charge in [0.2, 0.25) is 0 Å². The van der Waals surface area contributed by atoms with Crippen molar-refractivity contribution in [1.82, 2.24) is 4.57 Å². The molecule has 2 aromatic rings. The van der Waals surface area contributed by atoms with Crippen LogP contribution in [0.25, 0.3) is 0 Å². The van der Waals surface area contributed by atoms with Gasteiger partial charge in [-0.15, -0.1) is 0 Å². The second-order valence-corrected chi connectivity index (χ2v) is 4.72. The van der Waals surface area contributed by atoms with Gasteiger partial charge in [-0.25, -0.2) is 0 Å². The van der Waals surface area contributed by atoms with Crippen molar-refractivity contribution in [3.63, 3.8) is 0 Å². The third kappa shape index (κ3) is 2.70. The molecule has 15 heavy (non-hydrogen) atoms. The number of nitrogens with zero attached hydrogens (tertiary/aromatic N) is 1. The molecule has 0 saturated heterocycles. The quantitative estimate of drug-likeness (QED) is 0.843. The molecule has 1 unspecified atom stereocenters. The zero-order valence-electron chi connectivity index (χ0n) is 8.89. The van der Waals surface area contributed by atoms with Crippen LogP contribution in [0.1, 0.15) is 18.2 Å². The topological polar surface area (TPSA) is 30.9 Å². The van der Waals surface area contributed by atoms with Crippen molar-refractivity contribution in [2.24, 2.45) is 5.73 Å². The number of rotatable bonds is 4. The average Bonchev–Trinajstić information content (AvgIpc) is 2.78. The standard InChI is InChI=1S/C12H16N2S/c1-10(13)7-12-3-2-5-14(12)8-11-4-6-15-9-11/h2-6,9-10H,7-8,13H2,1H3. The zero-order valence-corrected chi connectivity index (χ0v) is 9.70. The molecule has 1 atom stereocenters. The van der Waals surface area contributed by atoms with Crippen LogP contribution in [0.2, 0.25) is 0 Å². The first-order valence-electron chi connectivity index (χ1n) is 5.16. The Morgan fingerprint density at radius 3 is 3.00 bits per heavy atom. The summed E-state index contributed by atoms with van der Waals surface area (Å²) in [5.74, 6) is 0. The Balaban J connectivity index is 2.11. The third-order valence-electron chi connectivity index (χ3n) is 2.39. The van der Waals surface area contributed by atoms with E-state index in [-0.39, 0.29) is 6.04 Å². The first-order valence-corrected chi connectivity index (χ1v) is 6.10. The van der Waals surface area contributed by atoms with Crippen LogP contribution < -0.4 is 5.73 Å². The molecule has 2 nitrogen and oxygen atoms in total. The lowest BCUT2D eigenvalue weighted by Gasteiger charge is -2.10. The van der Waals surface area contributed by atoms with Crippen molar-refractivity contribution in [1.29, 1.82) is 0 Å². The Hall–Kier alpha value is -1.06. The van der Waals surface area contributed by atoms with Gasteiger partial charge >= 0.3 is 0 Å². The minimum atomic E-state index is 0.223. The lowest BCUT2D eigenvalue weighted by atomic mass is 10.2. The highest BCUT2D eigenvalue weighted by Gasteiger charge is 2.04. The molecule has 0 aliphatic carbocycles. The Morgan fingerprint density at radius 2 is 2.33 bits per heavy atom. The van der Waals surface area contributed by atoms with Gasteiger partial charge in [-0.3, -0.25) is 0 Å². The van der Waals surface area contributed by atoms with Crippen LogP contribution in [-0.4, -0.2) is 10.6 Å². The molecule has 0 radical (unpaired) electrons. The Labute approximate surface area is 94.3 Å². The van der Waals surface area contributed by atoms with Gasteiger partial charge in [0.05, 0.1) is 0 Å². The maximum Gasteiger partial charge on any atom is 0.0481 e. The van der Waals surface area contributed by atoms with Gasteiger partial charge in [0.25, 0.3) is 0 Å². The molecule has 80 valence electrons. The van der Waals surface area contributed by atoms with Gasteiger partial charge in [0.1, 0.15) is 0 Å². The highest BCUT2D eigenvalue weighted by Crippen LogP contribution is 2.11. The minimum Gasteiger partial charge on any atom is -0.347 e. The zero-order chi connectivity index (χ0) is 10.7. The summed E-state index contributed by atoms with van der Waals surface area (Å²) in [6.07, 6.45) is 3.06. The monoisotopic (exact) mass is 220 g/mol. The molecular formula is C12H16N2S. The van der Waals surface area contributed by atoms with Crippen LogP contribution in [0.15, 0.2) is 35.2 Å². The summed E-state index contributed by atoms with van der Waals surface area (Å²) in [5.41, 5.74) is 8.49. The van der Waals surface area contributed by atoms with E-state index in [1.165, 1.54) is 11.3 Å². The molecule has 0 aliphatic rings. The summed E-state index contributed by atoms with van der Waals surface area (Å²) in [4.78, 5) is 0. The summed E-state index contributed by atoms with van der Waals surface area (Å²) < 4.78 is 2.27. The molecule has 2 N–H and O–H groups in total. The van der Waals surface area contributed by atoms with E-state index in [4.69, 9.17) is 5.73 Å². The van der Waals surface area contributed by atoms with E-state index in [0.717, 1.165) is 13.0 Å². The number of thiophene rings is 1. The summed E-state index contributed by atoms with van der Waals surface area (Å²) >= 11 is 1.74. The van der Waals surface area contributed by atoms with Gasteiger partial charge in [-0.2, -0.15) is 11.3 Å². The molecule has 0 aromatic carbocycles. The number of hydrogen-bond acceptors (Lipinski definition) is 2. The lowest BCUT2D eigenvalue weighted by Crippen LogP contribution is -2.19. The van der Waals surface area contributed by atoms with Gasteiger partial charge < -0.3 is 10.3 Å². The molecule has 2 aromatic heterocycles. The predicted octanol–water partition coefficient (Wildman–Crippen LogP) is 2.49. The molecule has 3 heteroatoms. The molecule has 2 heterocycles. The summed E-state index contributed by atoms with van der Waals surface area (Å²) in [6.45, 7) is 3.00. The van der Waals surface area contributed by atoms with Crippen LogP contribution in [-0.2, 0) is 13.0 Å². The molecule has 0 bridgehead atoms. The number of aromatic nitrogens is 1. The van der Waals surface area contributed by atoms with Crippen LogP contribution >= 0.6 is 11.3 Å². The van der Waals surface area contributed by atoms with Gasteiger partial charge in [-0.1, -0.05) is 0 Å². The van der Waals surface area contributed by atoms with E-state index < -0.39 is 0 Å². The first-order chi connectivity index (χ1) is 7.25. The van der Waals surface area contributed by atoms with Crippen molar-refractivity contribution in [3.8, 4) is 0 Å². The molecular weight excluding hydrogens is 204 g/mol. The molecule has 0 aliphatic heterocycles. The predicted molar refractivity (Wildman–Crippen MR) is 65.2 cm³/mol. The van der Waals surface area contributed by atoms with Crippen molar-refractivity contribution in [2.45, 2.75) is 25.9 Å². The fourth-order valence-corrected chi connectivity index (χ4v) is 2.36. The molecule has 0 amide bonds. The van der Waals surface area contributed by atoms with Gasteiger partial charge in [0.15, 0.2) is 0 Å². The van der Waals surface area contributed by atoms with E-state index in [2.05, 4.69) is 39.7 Å². The summed E-state index contributed by atoms with van der Waals surface area (Å²) in [6, 6.07) is 6.63. The van der Waals surface area contributed by atoms with Crippen molar-refractivity contribution in [3.05, 3.63) is 46.4 Å². The lowest BCUT2D eigenvalue weighted by molar-refractivity contribution is 0.667. The molecule has 0 spiro atoms. The van der Waals surface area contributed by atoms with Crippen LogP contribution in [0.4, 0.5) is 0 Å². The van der Waals surface area contributed by atoms with E-state index in [1.807, 2.05) is 6.92 Å². The molecule has 0 saturated carbocycles. The summed E-state index contributed by atoms with van der Waals surface area (Å²) in [5, 5.41) is 4.31. The maximum absolute atomic E-state index is 5.81. The maximum atomic E-state index is 5.81. The SMILES string of the molecule is CC(N)Cc1cccn1Cc1ccsc1. The highest BCUT2D eigenvalue weighted by atomic mass is 32.1. The molecule has 0 fully saturated rings. The van der Waals surface area contributed by atoms with Gasteiger partial charge in [0, 0.05) is 30.9 Å². The summed E-state index contributed by atoms with van der Waals surface area (Å²) in [7, 11) is 0. The van der Waals surface area contributed by atoms with E-state index in [1.54, 1.807) is 11.3 Å². The van der Waals surface area contributed by atoms with E-state index in [9.17, 15) is 0 Å². The average molecular weight is 220 g/mol. The minimum absolute atomic E-state index is 0.223. The van der Waals surface area contributed by atoms with E-state index >= 15 is 0 Å². The highest BCUT2D eigenvalue weighted by molar-refractivity contribution is 7.07. The first kappa shape index (κ1) is 10.5. The fraction of sp³-hybridized carbons (Fsp3) is 0.333. The number of nitrogens with two attached hydrogens (primary N) is 1. The smallest absolute Gasteiger partial charge is 0.0481 e. The largest absolute Gasteiger partial charge is 0.347 e. The van der Waals surface area contributed by atoms with Crippen LogP contribution in [0, 0.1) is 0 Å². The van der Waals surface area contributed by atoms with Crippen molar-refractivity contribution < 1.29 is 0 Å². The van der Waals surface area contributed by atoms with Gasteiger partial charge in [-0.05, 0) is 41.4 Å². The fourth-order valence-electron chi connectivity index (χ4n) is 1.70. The third-order valence-corrected chi connectivity index (χ3v) is 3.12. The van der Waals surface area contributed by atoms with E-state index in [0.29, 0.717) is 0 Å². The second-order valence-electron chi connectivity index (χ2n) is 3.94. The van der Waals surface area contributed by atoms with Crippen molar-refractivity contribution >= 4 is 11.3 Å². The normalized spacial score (nSPS) is 12.9. The van der Waals surface area contributed by atoms with Crippen LogP contribution in [0.5, 0.6) is 0 Å². The second kappa shape index (κ2) is 4.64.